The Morgan fingerprint density at radius 2 is 1.96 bits per heavy atom. The van der Waals surface area contributed by atoms with Crippen LogP contribution in [-0.4, -0.2) is 18.9 Å². The van der Waals surface area contributed by atoms with Crippen molar-refractivity contribution in [3.8, 4) is 0 Å². The number of sulfonamides is 1. The van der Waals surface area contributed by atoms with Crippen LogP contribution < -0.4 is 10.5 Å². The predicted octanol–water partition coefficient (Wildman–Crippen LogP) is 1.79. The first kappa shape index (κ1) is 17.2. The van der Waals surface area contributed by atoms with Crippen molar-refractivity contribution in [2.45, 2.75) is 37.2 Å². The minimum absolute atomic E-state index is 0.0451. The molecule has 124 valence electrons. The summed E-state index contributed by atoms with van der Waals surface area (Å²) in [4.78, 5) is 12.0. The maximum atomic E-state index is 12.0. The molecule has 1 aromatic carbocycles. The maximum Gasteiger partial charge on any atom is 0.238 e. The number of amides is 1. The summed E-state index contributed by atoms with van der Waals surface area (Å²) in [5.74, 6) is -0.0642. The molecule has 3 N–H and O–H groups in total. The third kappa shape index (κ3) is 5.22. The molecule has 1 aromatic heterocycles. The summed E-state index contributed by atoms with van der Waals surface area (Å²) >= 11 is 0. The van der Waals surface area contributed by atoms with E-state index < -0.39 is 10.0 Å². The summed E-state index contributed by atoms with van der Waals surface area (Å²) < 4.78 is 24.8. The molecule has 0 aliphatic rings. The Morgan fingerprint density at radius 3 is 2.61 bits per heavy atom. The van der Waals surface area contributed by atoms with Crippen molar-refractivity contribution in [1.29, 1.82) is 0 Å². The van der Waals surface area contributed by atoms with Crippen molar-refractivity contribution < 1.29 is 13.2 Å². The summed E-state index contributed by atoms with van der Waals surface area (Å²) in [5.41, 5.74) is 0.704. The Balaban J connectivity index is 1.88. The number of carbonyl (C=O) groups is 1. The number of hydrogen-bond acceptors (Lipinski definition) is 3. The molecule has 6 nitrogen and oxygen atoms in total. The van der Waals surface area contributed by atoms with Gasteiger partial charge in [-0.25, -0.2) is 13.6 Å². The van der Waals surface area contributed by atoms with Crippen LogP contribution in [0, 0.1) is 0 Å². The molecule has 7 heteroatoms. The zero-order chi connectivity index (χ0) is 16.9. The van der Waals surface area contributed by atoms with E-state index in [-0.39, 0.29) is 16.8 Å². The molecule has 0 saturated heterocycles. The van der Waals surface area contributed by atoms with Crippen LogP contribution in [0.15, 0.2) is 53.7 Å². The summed E-state index contributed by atoms with van der Waals surface area (Å²) in [6, 6.07) is 9.91. The highest BCUT2D eigenvalue weighted by Crippen LogP contribution is 2.16. The molecule has 0 bridgehead atoms. The SMILES string of the molecule is C[C@H](NC(=O)CCCn1cccc1)c1cccc(S(N)(=O)=O)c1. The number of nitrogens with one attached hydrogen (secondary N) is 1. The van der Waals surface area contributed by atoms with Crippen LogP contribution in [0.1, 0.15) is 31.4 Å². The maximum absolute atomic E-state index is 12.0. The summed E-state index contributed by atoms with van der Waals surface area (Å²) in [6.07, 6.45) is 5.07. The summed E-state index contributed by atoms with van der Waals surface area (Å²) in [5, 5.41) is 7.99. The molecular weight excluding hydrogens is 314 g/mol. The molecule has 1 amide bonds. The van der Waals surface area contributed by atoms with Crippen LogP contribution >= 0.6 is 0 Å². The first-order chi connectivity index (χ1) is 10.9. The number of aryl methyl sites for hydroxylation is 1. The van der Waals surface area contributed by atoms with Crippen molar-refractivity contribution in [2.24, 2.45) is 5.14 Å². The lowest BCUT2D eigenvalue weighted by Crippen LogP contribution is -2.26. The van der Waals surface area contributed by atoms with E-state index in [1.165, 1.54) is 12.1 Å². The Kier molecular flexibility index (Phi) is 5.57. The molecule has 2 rings (SSSR count). The molecule has 0 spiro atoms. The topological polar surface area (TPSA) is 94.2 Å². The van der Waals surface area contributed by atoms with E-state index in [0.717, 1.165) is 13.0 Å². The zero-order valence-corrected chi connectivity index (χ0v) is 13.8. The molecule has 0 fully saturated rings. The van der Waals surface area contributed by atoms with Crippen molar-refractivity contribution in [3.63, 3.8) is 0 Å². The average molecular weight is 335 g/mol. The lowest BCUT2D eigenvalue weighted by atomic mass is 10.1. The first-order valence-electron chi connectivity index (χ1n) is 7.39. The fourth-order valence-electron chi connectivity index (χ4n) is 2.30. The summed E-state index contributed by atoms with van der Waals surface area (Å²) in [6.45, 7) is 2.60. The van der Waals surface area contributed by atoms with Crippen LogP contribution in [0.5, 0.6) is 0 Å². The fraction of sp³-hybridized carbons (Fsp3) is 0.312. The normalized spacial score (nSPS) is 12.8. The number of nitrogens with zero attached hydrogens (tertiary/aromatic N) is 1. The highest BCUT2D eigenvalue weighted by Gasteiger charge is 2.13. The van der Waals surface area contributed by atoms with Gasteiger partial charge in [0.15, 0.2) is 0 Å². The molecule has 23 heavy (non-hydrogen) atoms. The van der Waals surface area contributed by atoms with Gasteiger partial charge >= 0.3 is 0 Å². The Hall–Kier alpha value is -2.12. The second-order valence-electron chi connectivity index (χ2n) is 5.43. The van der Waals surface area contributed by atoms with Crippen LogP contribution in [0.4, 0.5) is 0 Å². The van der Waals surface area contributed by atoms with Gasteiger partial charge in [-0.05, 0) is 43.2 Å². The minimum atomic E-state index is -3.74. The molecule has 0 radical (unpaired) electrons. The molecule has 0 saturated carbocycles. The number of hydrogen-bond donors (Lipinski definition) is 2. The first-order valence-corrected chi connectivity index (χ1v) is 8.94. The Morgan fingerprint density at radius 1 is 1.26 bits per heavy atom. The van der Waals surface area contributed by atoms with Gasteiger partial charge in [0.05, 0.1) is 10.9 Å². The van der Waals surface area contributed by atoms with Gasteiger partial charge in [0.1, 0.15) is 0 Å². The van der Waals surface area contributed by atoms with Gasteiger partial charge < -0.3 is 9.88 Å². The predicted molar refractivity (Wildman–Crippen MR) is 88.0 cm³/mol. The third-order valence-electron chi connectivity index (χ3n) is 3.55. The highest BCUT2D eigenvalue weighted by atomic mass is 32.2. The number of primary sulfonamides is 1. The van der Waals surface area contributed by atoms with Crippen molar-refractivity contribution in [3.05, 3.63) is 54.4 Å². The molecular formula is C16H21N3O3S. The van der Waals surface area contributed by atoms with Crippen LogP contribution in [0.25, 0.3) is 0 Å². The van der Waals surface area contributed by atoms with Gasteiger partial charge in [-0.1, -0.05) is 12.1 Å². The highest BCUT2D eigenvalue weighted by molar-refractivity contribution is 7.89. The quantitative estimate of drug-likeness (QED) is 0.807. The molecule has 1 atom stereocenters. The van der Waals surface area contributed by atoms with Gasteiger partial charge in [-0.2, -0.15) is 0 Å². The van der Waals surface area contributed by atoms with Crippen molar-refractivity contribution in [1.82, 2.24) is 9.88 Å². The number of rotatable bonds is 7. The van der Waals surface area contributed by atoms with E-state index in [1.54, 1.807) is 12.1 Å². The second kappa shape index (κ2) is 7.43. The monoisotopic (exact) mass is 335 g/mol. The van der Waals surface area contributed by atoms with E-state index in [9.17, 15) is 13.2 Å². The standard InChI is InChI=1S/C16H21N3O3S/c1-13(14-6-4-7-15(12-14)23(17,21)22)18-16(20)8-5-11-19-9-2-3-10-19/h2-4,6-7,9-10,12-13H,5,8,11H2,1H3,(H,18,20)(H2,17,21,22)/t13-/m0/s1. The van der Waals surface area contributed by atoms with Crippen LogP contribution in [0.2, 0.25) is 0 Å². The van der Waals surface area contributed by atoms with E-state index in [1.807, 2.05) is 36.0 Å². The number of aromatic nitrogens is 1. The number of benzene rings is 1. The van der Waals surface area contributed by atoms with E-state index >= 15 is 0 Å². The molecule has 1 heterocycles. The lowest BCUT2D eigenvalue weighted by Gasteiger charge is -2.15. The lowest BCUT2D eigenvalue weighted by molar-refractivity contribution is -0.121. The van der Waals surface area contributed by atoms with Gasteiger partial charge in [0.2, 0.25) is 15.9 Å². The van der Waals surface area contributed by atoms with E-state index in [2.05, 4.69) is 5.32 Å². The molecule has 0 unspecified atom stereocenters. The fourth-order valence-corrected chi connectivity index (χ4v) is 2.87. The number of nitrogens with two attached hydrogens (primary N) is 1. The molecule has 0 aliphatic carbocycles. The van der Waals surface area contributed by atoms with E-state index in [4.69, 9.17) is 5.14 Å². The van der Waals surface area contributed by atoms with Crippen LogP contribution in [0.3, 0.4) is 0 Å². The average Bonchev–Trinajstić information content (AvgIpc) is 2.99. The third-order valence-corrected chi connectivity index (χ3v) is 4.46. The van der Waals surface area contributed by atoms with E-state index in [0.29, 0.717) is 12.0 Å². The zero-order valence-electron chi connectivity index (χ0n) is 13.0. The number of carbonyl (C=O) groups excluding carboxylic acids is 1. The van der Waals surface area contributed by atoms with Crippen LogP contribution in [-0.2, 0) is 21.4 Å². The van der Waals surface area contributed by atoms with Crippen molar-refractivity contribution >= 4 is 15.9 Å². The molecule has 2 aromatic rings. The summed E-state index contributed by atoms with van der Waals surface area (Å²) in [7, 11) is -3.74. The Labute approximate surface area is 136 Å². The van der Waals surface area contributed by atoms with Crippen molar-refractivity contribution in [2.75, 3.05) is 0 Å². The smallest absolute Gasteiger partial charge is 0.238 e. The molecule has 0 aliphatic heterocycles. The van der Waals surface area contributed by atoms with Gasteiger partial charge in [-0.15, -0.1) is 0 Å². The second-order valence-corrected chi connectivity index (χ2v) is 6.99. The van der Waals surface area contributed by atoms with Gasteiger partial charge in [0.25, 0.3) is 0 Å². The minimum Gasteiger partial charge on any atom is -0.354 e. The van der Waals surface area contributed by atoms with Gasteiger partial charge in [0, 0.05) is 25.4 Å². The Bertz CT molecular complexity index is 755. The van der Waals surface area contributed by atoms with Gasteiger partial charge in [-0.3, -0.25) is 4.79 Å². The largest absolute Gasteiger partial charge is 0.354 e.